The summed E-state index contributed by atoms with van der Waals surface area (Å²) in [5.41, 5.74) is 7.17. The lowest BCUT2D eigenvalue weighted by Gasteiger charge is -2.28. The lowest BCUT2D eigenvalue weighted by Crippen LogP contribution is -2.51. The van der Waals surface area contributed by atoms with Crippen LogP contribution in [0.1, 0.15) is 65.1 Å². The van der Waals surface area contributed by atoms with E-state index in [4.69, 9.17) is 5.73 Å². The summed E-state index contributed by atoms with van der Waals surface area (Å²) in [4.78, 5) is 14.8. The van der Waals surface area contributed by atoms with E-state index in [1.54, 1.807) is 11.3 Å². The second kappa shape index (κ2) is 7.12. The highest BCUT2D eigenvalue weighted by Crippen LogP contribution is 2.32. The highest BCUT2D eigenvalue weighted by Gasteiger charge is 2.34. The zero-order chi connectivity index (χ0) is 14.0. The number of halogens is 1. The number of hydrogen-bond donors (Lipinski definition) is 2. The van der Waals surface area contributed by atoms with Crippen LogP contribution in [-0.4, -0.2) is 18.0 Å². The summed E-state index contributed by atoms with van der Waals surface area (Å²) < 4.78 is 0. The standard InChI is InChI=1S/C16H24N2OS.ClH/c17-11-16(8-4-5-9-16)18-15(19)14-10-12-6-2-1-3-7-13(12)20-14;/h10H,1-9,11,17H2,(H,18,19);1H. The molecule has 1 saturated carbocycles. The maximum atomic E-state index is 12.5. The Kier molecular flexibility index (Phi) is 5.69. The monoisotopic (exact) mass is 328 g/mol. The van der Waals surface area contributed by atoms with Crippen LogP contribution in [0.25, 0.3) is 0 Å². The third-order valence-electron chi connectivity index (χ3n) is 4.80. The van der Waals surface area contributed by atoms with Crippen molar-refractivity contribution in [3.8, 4) is 0 Å². The van der Waals surface area contributed by atoms with Gasteiger partial charge in [-0.1, -0.05) is 19.3 Å². The Morgan fingerprint density at radius 1 is 1.19 bits per heavy atom. The largest absolute Gasteiger partial charge is 0.345 e. The molecule has 1 heterocycles. The van der Waals surface area contributed by atoms with Crippen LogP contribution in [-0.2, 0) is 12.8 Å². The lowest BCUT2D eigenvalue weighted by atomic mass is 9.98. The predicted molar refractivity (Wildman–Crippen MR) is 90.5 cm³/mol. The first-order chi connectivity index (χ1) is 9.72. The molecule has 3 rings (SSSR count). The number of amides is 1. The molecule has 3 N–H and O–H groups in total. The number of thiophene rings is 1. The molecule has 0 spiro atoms. The molecule has 1 aromatic heterocycles. The number of hydrogen-bond acceptors (Lipinski definition) is 3. The van der Waals surface area contributed by atoms with Gasteiger partial charge >= 0.3 is 0 Å². The van der Waals surface area contributed by atoms with Crippen LogP contribution < -0.4 is 11.1 Å². The van der Waals surface area contributed by atoms with E-state index in [1.807, 2.05) is 0 Å². The van der Waals surface area contributed by atoms with Crippen molar-refractivity contribution in [2.75, 3.05) is 6.54 Å². The maximum Gasteiger partial charge on any atom is 0.261 e. The van der Waals surface area contributed by atoms with Crippen LogP contribution in [0.3, 0.4) is 0 Å². The maximum absolute atomic E-state index is 12.5. The molecular weight excluding hydrogens is 304 g/mol. The van der Waals surface area contributed by atoms with Crippen LogP contribution in [0.2, 0.25) is 0 Å². The zero-order valence-electron chi connectivity index (χ0n) is 12.5. The van der Waals surface area contributed by atoms with E-state index in [2.05, 4.69) is 11.4 Å². The molecule has 1 fully saturated rings. The molecule has 0 bridgehead atoms. The molecule has 5 heteroatoms. The highest BCUT2D eigenvalue weighted by molar-refractivity contribution is 7.14. The summed E-state index contributed by atoms with van der Waals surface area (Å²) in [7, 11) is 0. The van der Waals surface area contributed by atoms with Gasteiger partial charge < -0.3 is 11.1 Å². The van der Waals surface area contributed by atoms with Gasteiger partial charge in [0.05, 0.1) is 10.4 Å². The number of nitrogens with one attached hydrogen (secondary N) is 1. The van der Waals surface area contributed by atoms with Gasteiger partial charge in [0.2, 0.25) is 0 Å². The summed E-state index contributed by atoms with van der Waals surface area (Å²) in [6.45, 7) is 0.559. The summed E-state index contributed by atoms with van der Waals surface area (Å²) in [6.07, 6.45) is 10.5. The van der Waals surface area contributed by atoms with E-state index in [0.717, 1.165) is 30.6 Å². The minimum Gasteiger partial charge on any atom is -0.345 e. The Hall–Kier alpha value is -0.580. The third kappa shape index (κ3) is 3.61. The molecule has 0 radical (unpaired) electrons. The fourth-order valence-corrected chi connectivity index (χ4v) is 4.66. The van der Waals surface area contributed by atoms with E-state index >= 15 is 0 Å². The van der Waals surface area contributed by atoms with Gasteiger partial charge in [-0.15, -0.1) is 23.7 Å². The van der Waals surface area contributed by atoms with Crippen molar-refractivity contribution >= 4 is 29.7 Å². The molecule has 0 aliphatic heterocycles. The fraction of sp³-hybridized carbons (Fsp3) is 0.688. The molecule has 0 atom stereocenters. The van der Waals surface area contributed by atoms with Crippen molar-refractivity contribution in [3.63, 3.8) is 0 Å². The van der Waals surface area contributed by atoms with Crippen LogP contribution >= 0.6 is 23.7 Å². The van der Waals surface area contributed by atoms with Gasteiger partial charge in [0.25, 0.3) is 5.91 Å². The third-order valence-corrected chi connectivity index (χ3v) is 6.04. The smallest absolute Gasteiger partial charge is 0.261 e. The van der Waals surface area contributed by atoms with Gasteiger partial charge in [0.1, 0.15) is 0 Å². The second-order valence-corrected chi connectivity index (χ2v) is 7.40. The number of rotatable bonds is 3. The zero-order valence-corrected chi connectivity index (χ0v) is 14.1. The van der Waals surface area contributed by atoms with E-state index < -0.39 is 0 Å². The Labute approximate surface area is 137 Å². The fourth-order valence-electron chi connectivity index (χ4n) is 3.51. The molecule has 1 amide bonds. The quantitative estimate of drug-likeness (QED) is 0.835. The molecule has 0 aromatic carbocycles. The first-order valence-corrected chi connectivity index (χ1v) is 8.68. The van der Waals surface area contributed by atoms with E-state index in [0.29, 0.717) is 6.54 Å². The van der Waals surface area contributed by atoms with Crippen LogP contribution in [0.4, 0.5) is 0 Å². The van der Waals surface area contributed by atoms with Crippen molar-refractivity contribution in [3.05, 3.63) is 21.4 Å². The van der Waals surface area contributed by atoms with Gasteiger partial charge in [-0.3, -0.25) is 4.79 Å². The summed E-state index contributed by atoms with van der Waals surface area (Å²) in [5.74, 6) is 0.0930. The normalized spacial score (nSPS) is 20.2. The average Bonchev–Trinajstić information content (AvgIpc) is 3.02. The minimum absolute atomic E-state index is 0. The van der Waals surface area contributed by atoms with Crippen molar-refractivity contribution in [2.45, 2.75) is 63.3 Å². The number of fused-ring (bicyclic) bond motifs is 1. The Balaban J connectivity index is 0.00000161. The molecule has 21 heavy (non-hydrogen) atoms. The van der Waals surface area contributed by atoms with Crippen molar-refractivity contribution < 1.29 is 4.79 Å². The Morgan fingerprint density at radius 2 is 1.90 bits per heavy atom. The number of aryl methyl sites for hydroxylation is 2. The average molecular weight is 329 g/mol. The molecular formula is C16H25ClN2OS. The SMILES string of the molecule is Cl.NCC1(NC(=O)c2cc3c(s2)CCCCC3)CCCC1. The Bertz CT molecular complexity index is 471. The first kappa shape index (κ1) is 16.8. The molecule has 1 aromatic rings. The van der Waals surface area contributed by atoms with Crippen LogP contribution in [0.5, 0.6) is 0 Å². The van der Waals surface area contributed by atoms with Crippen molar-refractivity contribution in [2.24, 2.45) is 5.73 Å². The topological polar surface area (TPSA) is 55.1 Å². The summed E-state index contributed by atoms with van der Waals surface area (Å²) in [6, 6.07) is 2.12. The molecule has 118 valence electrons. The minimum atomic E-state index is -0.140. The van der Waals surface area contributed by atoms with E-state index in [1.165, 1.54) is 42.5 Å². The number of carbonyl (C=O) groups excluding carboxylic acids is 1. The molecule has 2 aliphatic carbocycles. The lowest BCUT2D eigenvalue weighted by molar-refractivity contribution is 0.0907. The van der Waals surface area contributed by atoms with Crippen molar-refractivity contribution in [1.29, 1.82) is 0 Å². The van der Waals surface area contributed by atoms with Crippen LogP contribution in [0, 0.1) is 0 Å². The van der Waals surface area contributed by atoms with Gasteiger partial charge in [-0.05, 0) is 50.2 Å². The van der Waals surface area contributed by atoms with Gasteiger partial charge in [0.15, 0.2) is 0 Å². The van der Waals surface area contributed by atoms with Gasteiger partial charge in [-0.2, -0.15) is 0 Å². The Morgan fingerprint density at radius 3 is 2.62 bits per heavy atom. The number of carbonyl (C=O) groups is 1. The number of nitrogens with two attached hydrogens (primary N) is 1. The van der Waals surface area contributed by atoms with E-state index in [-0.39, 0.29) is 23.9 Å². The predicted octanol–water partition coefficient (Wildman–Crippen LogP) is 3.44. The molecule has 0 saturated heterocycles. The van der Waals surface area contributed by atoms with E-state index in [9.17, 15) is 4.79 Å². The highest BCUT2D eigenvalue weighted by atomic mass is 35.5. The molecule has 2 aliphatic rings. The first-order valence-electron chi connectivity index (χ1n) is 7.87. The summed E-state index contributed by atoms with van der Waals surface area (Å²) in [5, 5.41) is 3.23. The summed E-state index contributed by atoms with van der Waals surface area (Å²) >= 11 is 1.70. The molecule has 3 nitrogen and oxygen atoms in total. The second-order valence-electron chi connectivity index (χ2n) is 6.27. The van der Waals surface area contributed by atoms with Gasteiger partial charge in [0, 0.05) is 11.4 Å². The molecule has 0 unspecified atom stereocenters. The van der Waals surface area contributed by atoms with Crippen molar-refractivity contribution in [1.82, 2.24) is 5.32 Å². The van der Waals surface area contributed by atoms with Crippen LogP contribution in [0.15, 0.2) is 6.07 Å². The van der Waals surface area contributed by atoms with Gasteiger partial charge in [-0.25, -0.2) is 0 Å².